The van der Waals surface area contributed by atoms with Crippen molar-refractivity contribution in [3.05, 3.63) is 0 Å². The first-order valence-electron chi connectivity index (χ1n) is 6.56. The van der Waals surface area contributed by atoms with Crippen molar-refractivity contribution < 1.29 is 14.3 Å². The lowest BCUT2D eigenvalue weighted by Gasteiger charge is -2.24. The molecule has 0 spiro atoms. The quantitative estimate of drug-likeness (QED) is 0.607. The molecule has 0 unspecified atom stereocenters. The maximum atomic E-state index is 12.0. The van der Waals surface area contributed by atoms with E-state index in [1.54, 1.807) is 0 Å². The lowest BCUT2D eigenvalue weighted by molar-refractivity contribution is 0.0282. The molecule has 2 aliphatic heterocycles. The van der Waals surface area contributed by atoms with Crippen LogP contribution in [0.15, 0.2) is 0 Å². The SMILES string of the molecule is CC(C)(C)OC(=O)N1C[C@H]2C[C@H]3O[C@H]3C[C@H]2C1. The van der Waals surface area contributed by atoms with E-state index in [2.05, 4.69) is 0 Å². The molecule has 0 bridgehead atoms. The fraction of sp³-hybridized carbons (Fsp3) is 0.923. The number of nitrogens with zero attached hydrogens (tertiary/aromatic N) is 1. The summed E-state index contributed by atoms with van der Waals surface area (Å²) in [7, 11) is 0. The molecule has 1 aliphatic carbocycles. The number of rotatable bonds is 0. The van der Waals surface area contributed by atoms with Gasteiger partial charge in [-0.05, 0) is 45.4 Å². The summed E-state index contributed by atoms with van der Waals surface area (Å²) >= 11 is 0. The Hall–Kier alpha value is -0.770. The van der Waals surface area contributed by atoms with Gasteiger partial charge in [-0.1, -0.05) is 0 Å². The van der Waals surface area contributed by atoms with Crippen molar-refractivity contribution in [3.63, 3.8) is 0 Å². The summed E-state index contributed by atoms with van der Waals surface area (Å²) < 4.78 is 11.0. The average molecular weight is 239 g/mol. The second-order valence-corrected chi connectivity index (χ2v) is 6.59. The third-order valence-corrected chi connectivity index (χ3v) is 3.99. The third-order valence-electron chi connectivity index (χ3n) is 3.99. The van der Waals surface area contributed by atoms with Crippen LogP contribution in [0.25, 0.3) is 0 Å². The monoisotopic (exact) mass is 239 g/mol. The van der Waals surface area contributed by atoms with Gasteiger partial charge in [0.25, 0.3) is 0 Å². The van der Waals surface area contributed by atoms with E-state index in [1.807, 2.05) is 25.7 Å². The van der Waals surface area contributed by atoms with Crippen LogP contribution in [0, 0.1) is 11.8 Å². The molecular formula is C13H21NO3. The first-order chi connectivity index (χ1) is 7.92. The van der Waals surface area contributed by atoms with Crippen LogP contribution >= 0.6 is 0 Å². The number of ether oxygens (including phenoxy) is 2. The van der Waals surface area contributed by atoms with Gasteiger partial charge in [-0.2, -0.15) is 0 Å². The predicted octanol–water partition coefficient (Wildman–Crippen LogP) is 2.03. The molecule has 1 amide bonds. The van der Waals surface area contributed by atoms with E-state index in [9.17, 15) is 4.79 Å². The first kappa shape index (κ1) is 11.3. The van der Waals surface area contributed by atoms with Crippen molar-refractivity contribution in [3.8, 4) is 0 Å². The summed E-state index contributed by atoms with van der Waals surface area (Å²) in [6.45, 7) is 7.45. The summed E-state index contributed by atoms with van der Waals surface area (Å²) in [4.78, 5) is 13.8. The highest BCUT2D eigenvalue weighted by Crippen LogP contribution is 2.46. The summed E-state index contributed by atoms with van der Waals surface area (Å²) in [6, 6.07) is 0. The number of carbonyl (C=O) groups is 1. The molecule has 3 fully saturated rings. The summed E-state index contributed by atoms with van der Waals surface area (Å²) in [5.41, 5.74) is -0.393. The summed E-state index contributed by atoms with van der Waals surface area (Å²) in [5.74, 6) is 1.26. The zero-order chi connectivity index (χ0) is 12.2. The van der Waals surface area contributed by atoms with Gasteiger partial charge in [-0.3, -0.25) is 0 Å². The Labute approximate surface area is 102 Å². The van der Waals surface area contributed by atoms with Gasteiger partial charge in [0.05, 0.1) is 12.2 Å². The molecule has 2 saturated heterocycles. The fourth-order valence-corrected chi connectivity index (χ4v) is 3.14. The van der Waals surface area contributed by atoms with Gasteiger partial charge in [0, 0.05) is 13.1 Å². The van der Waals surface area contributed by atoms with Crippen molar-refractivity contribution in [2.45, 2.75) is 51.4 Å². The second-order valence-electron chi connectivity index (χ2n) is 6.59. The van der Waals surface area contributed by atoms with E-state index >= 15 is 0 Å². The number of epoxide rings is 1. The van der Waals surface area contributed by atoms with Crippen LogP contribution in [0.2, 0.25) is 0 Å². The maximum absolute atomic E-state index is 12.0. The fourth-order valence-electron chi connectivity index (χ4n) is 3.14. The smallest absolute Gasteiger partial charge is 0.410 e. The number of carbonyl (C=O) groups excluding carboxylic acids is 1. The molecule has 4 nitrogen and oxygen atoms in total. The Balaban J connectivity index is 1.58. The van der Waals surface area contributed by atoms with E-state index < -0.39 is 5.60 Å². The van der Waals surface area contributed by atoms with Crippen molar-refractivity contribution in [1.82, 2.24) is 4.90 Å². The second kappa shape index (κ2) is 3.61. The zero-order valence-corrected chi connectivity index (χ0v) is 10.8. The van der Waals surface area contributed by atoms with Gasteiger partial charge >= 0.3 is 6.09 Å². The highest BCUT2D eigenvalue weighted by atomic mass is 16.6. The highest BCUT2D eigenvalue weighted by Gasteiger charge is 2.51. The van der Waals surface area contributed by atoms with Crippen LogP contribution in [0.3, 0.4) is 0 Å². The topological polar surface area (TPSA) is 42.1 Å². The maximum Gasteiger partial charge on any atom is 0.410 e. The summed E-state index contributed by atoms with van der Waals surface area (Å²) in [5, 5.41) is 0. The molecule has 2 heterocycles. The Morgan fingerprint density at radius 1 is 1.18 bits per heavy atom. The van der Waals surface area contributed by atoms with Gasteiger partial charge in [-0.25, -0.2) is 4.79 Å². The van der Waals surface area contributed by atoms with E-state index in [1.165, 1.54) is 0 Å². The van der Waals surface area contributed by atoms with E-state index in [4.69, 9.17) is 9.47 Å². The average Bonchev–Trinajstić information content (AvgIpc) is 2.79. The van der Waals surface area contributed by atoms with Crippen LogP contribution in [-0.4, -0.2) is 41.9 Å². The van der Waals surface area contributed by atoms with Crippen LogP contribution < -0.4 is 0 Å². The first-order valence-corrected chi connectivity index (χ1v) is 6.56. The predicted molar refractivity (Wildman–Crippen MR) is 62.7 cm³/mol. The molecule has 3 rings (SSSR count). The minimum atomic E-state index is -0.393. The lowest BCUT2D eigenvalue weighted by Crippen LogP contribution is -2.35. The molecule has 0 radical (unpaired) electrons. The van der Waals surface area contributed by atoms with Gasteiger partial charge in [0.2, 0.25) is 0 Å². The molecule has 0 aromatic heterocycles. The minimum absolute atomic E-state index is 0.151. The molecule has 1 saturated carbocycles. The van der Waals surface area contributed by atoms with Crippen molar-refractivity contribution in [2.24, 2.45) is 11.8 Å². The zero-order valence-electron chi connectivity index (χ0n) is 10.8. The number of hydrogen-bond acceptors (Lipinski definition) is 3. The molecule has 96 valence electrons. The van der Waals surface area contributed by atoms with Crippen LogP contribution in [0.1, 0.15) is 33.6 Å². The number of fused-ring (bicyclic) bond motifs is 2. The van der Waals surface area contributed by atoms with E-state index in [0.29, 0.717) is 24.0 Å². The molecule has 0 aromatic rings. The molecule has 4 heteroatoms. The molecule has 17 heavy (non-hydrogen) atoms. The Bertz CT molecular complexity index is 318. The largest absolute Gasteiger partial charge is 0.444 e. The van der Waals surface area contributed by atoms with Crippen LogP contribution in [0.5, 0.6) is 0 Å². The number of amides is 1. The molecule has 3 aliphatic rings. The van der Waals surface area contributed by atoms with Gasteiger partial charge < -0.3 is 14.4 Å². The minimum Gasteiger partial charge on any atom is -0.444 e. The van der Waals surface area contributed by atoms with Gasteiger partial charge in [0.1, 0.15) is 5.60 Å². The summed E-state index contributed by atoms with van der Waals surface area (Å²) in [6.07, 6.45) is 3.11. The number of hydrogen-bond donors (Lipinski definition) is 0. The van der Waals surface area contributed by atoms with Crippen LogP contribution in [0.4, 0.5) is 4.79 Å². The van der Waals surface area contributed by atoms with Gasteiger partial charge in [0.15, 0.2) is 0 Å². The van der Waals surface area contributed by atoms with Crippen molar-refractivity contribution in [1.29, 1.82) is 0 Å². The molecule has 4 atom stereocenters. The molecular weight excluding hydrogens is 218 g/mol. The Morgan fingerprint density at radius 2 is 1.71 bits per heavy atom. The Kier molecular flexibility index (Phi) is 2.41. The highest BCUT2D eigenvalue weighted by molar-refractivity contribution is 5.68. The Morgan fingerprint density at radius 3 is 2.18 bits per heavy atom. The van der Waals surface area contributed by atoms with Gasteiger partial charge in [-0.15, -0.1) is 0 Å². The third kappa shape index (κ3) is 2.28. The van der Waals surface area contributed by atoms with E-state index in [0.717, 1.165) is 25.9 Å². The number of likely N-dealkylation sites (tertiary alicyclic amines) is 1. The normalized spacial score (nSPS) is 39.6. The van der Waals surface area contributed by atoms with Crippen LogP contribution in [-0.2, 0) is 9.47 Å². The molecule has 0 N–H and O–H groups in total. The van der Waals surface area contributed by atoms with Crippen molar-refractivity contribution >= 4 is 6.09 Å². The molecule has 0 aromatic carbocycles. The standard InChI is InChI=1S/C13H21NO3/c1-13(2,3)17-12(15)14-6-8-4-10-11(16-10)5-9(8)7-14/h8-11H,4-7H2,1-3H3/t8-,9+,10-,11+. The van der Waals surface area contributed by atoms with Crippen molar-refractivity contribution in [2.75, 3.05) is 13.1 Å². The van der Waals surface area contributed by atoms with E-state index in [-0.39, 0.29) is 6.09 Å². The lowest BCUT2D eigenvalue weighted by atomic mass is 9.82.